The number of hydrogen-bond acceptors (Lipinski definition) is 3. The van der Waals surface area contributed by atoms with Crippen LogP contribution in [0.15, 0.2) is 18.2 Å². The van der Waals surface area contributed by atoms with Crippen molar-refractivity contribution in [2.45, 2.75) is 44.6 Å². The predicted molar refractivity (Wildman–Crippen MR) is 94.7 cm³/mol. The second kappa shape index (κ2) is 5.79. The molecule has 1 aliphatic carbocycles. The van der Waals surface area contributed by atoms with Crippen molar-refractivity contribution < 1.29 is 14.6 Å². The summed E-state index contributed by atoms with van der Waals surface area (Å²) in [7, 11) is 0. The number of likely N-dealkylation sites (tertiary alicyclic amines) is 1. The number of rotatable bonds is 2. The summed E-state index contributed by atoms with van der Waals surface area (Å²) in [4.78, 5) is 14.1. The van der Waals surface area contributed by atoms with E-state index in [0.29, 0.717) is 23.1 Å². The SMILES string of the molecule is CC(C)(C)OC(=O)N1CC[C@@]2(c3ccc(Cl)c(Cl)c3)C[C@@]2(CO)C1. The van der Waals surface area contributed by atoms with Gasteiger partial charge in [-0.25, -0.2) is 4.79 Å². The third-order valence-corrected chi connectivity index (χ3v) is 6.00. The fourth-order valence-corrected chi connectivity index (χ4v) is 4.25. The molecule has 1 aromatic rings. The molecule has 0 bridgehead atoms. The summed E-state index contributed by atoms with van der Waals surface area (Å²) in [5, 5.41) is 11.1. The first-order valence-corrected chi connectivity index (χ1v) is 8.92. The van der Waals surface area contributed by atoms with Crippen LogP contribution in [0.1, 0.15) is 39.2 Å². The van der Waals surface area contributed by atoms with Gasteiger partial charge in [-0.2, -0.15) is 0 Å². The highest BCUT2D eigenvalue weighted by Gasteiger charge is 2.70. The van der Waals surface area contributed by atoms with E-state index in [4.69, 9.17) is 27.9 Å². The van der Waals surface area contributed by atoms with E-state index >= 15 is 0 Å². The Morgan fingerprint density at radius 1 is 1.33 bits per heavy atom. The standard InChI is InChI=1S/C18H23Cl2NO3/c1-16(2,3)24-15(23)21-7-6-18(9-17(18,10-21)11-22)12-4-5-13(19)14(20)8-12/h4-5,8,22H,6-7,9-11H2,1-3H3/t17-,18-/m0/s1. The van der Waals surface area contributed by atoms with Crippen LogP contribution >= 0.6 is 23.2 Å². The summed E-state index contributed by atoms with van der Waals surface area (Å²) in [5.41, 5.74) is 0.119. The highest BCUT2D eigenvalue weighted by atomic mass is 35.5. The Bertz CT molecular complexity index is 673. The average molecular weight is 372 g/mol. The van der Waals surface area contributed by atoms with Crippen molar-refractivity contribution in [1.82, 2.24) is 4.90 Å². The Morgan fingerprint density at radius 3 is 2.62 bits per heavy atom. The fraction of sp³-hybridized carbons (Fsp3) is 0.611. The maximum Gasteiger partial charge on any atom is 0.410 e. The van der Waals surface area contributed by atoms with Gasteiger partial charge in [-0.3, -0.25) is 0 Å². The second-order valence-corrected chi connectivity index (χ2v) is 8.79. The van der Waals surface area contributed by atoms with E-state index in [1.807, 2.05) is 32.9 Å². The fourth-order valence-electron chi connectivity index (χ4n) is 3.95. The van der Waals surface area contributed by atoms with Crippen molar-refractivity contribution in [3.8, 4) is 0 Å². The van der Waals surface area contributed by atoms with Crippen molar-refractivity contribution in [2.75, 3.05) is 19.7 Å². The Kier molecular flexibility index (Phi) is 4.30. The average Bonchev–Trinajstić information content (AvgIpc) is 3.18. The number of carbonyl (C=O) groups excluding carboxylic acids is 1. The van der Waals surface area contributed by atoms with E-state index in [1.165, 1.54) is 0 Å². The van der Waals surface area contributed by atoms with Gasteiger partial charge < -0.3 is 14.7 Å². The zero-order chi connectivity index (χ0) is 17.8. The number of ether oxygens (including phenoxy) is 1. The van der Waals surface area contributed by atoms with Crippen LogP contribution in [0.4, 0.5) is 4.79 Å². The van der Waals surface area contributed by atoms with Crippen LogP contribution in [0.3, 0.4) is 0 Å². The Morgan fingerprint density at radius 2 is 2.04 bits per heavy atom. The zero-order valence-corrected chi connectivity index (χ0v) is 15.7. The minimum atomic E-state index is -0.523. The highest BCUT2D eigenvalue weighted by molar-refractivity contribution is 6.42. The van der Waals surface area contributed by atoms with E-state index in [1.54, 1.807) is 11.0 Å². The number of nitrogens with zero attached hydrogens (tertiary/aromatic N) is 1. The summed E-state index contributed by atoms with van der Waals surface area (Å²) < 4.78 is 5.47. The molecule has 1 aliphatic heterocycles. The molecule has 0 unspecified atom stereocenters. The van der Waals surface area contributed by atoms with Crippen LogP contribution in [-0.4, -0.2) is 41.4 Å². The summed E-state index contributed by atoms with van der Waals surface area (Å²) in [6.45, 7) is 6.71. The molecule has 1 amide bonds. The molecule has 0 aromatic heterocycles. The quantitative estimate of drug-likeness (QED) is 0.844. The van der Waals surface area contributed by atoms with Crippen LogP contribution in [-0.2, 0) is 10.2 Å². The highest BCUT2D eigenvalue weighted by Crippen LogP contribution is 2.68. The minimum absolute atomic E-state index is 0.0343. The molecule has 1 heterocycles. The molecule has 4 nitrogen and oxygen atoms in total. The summed E-state index contributed by atoms with van der Waals surface area (Å²) in [5.74, 6) is 0. The molecule has 1 saturated carbocycles. The molecule has 24 heavy (non-hydrogen) atoms. The Labute approximate surface area is 152 Å². The largest absolute Gasteiger partial charge is 0.444 e. The monoisotopic (exact) mass is 371 g/mol. The molecule has 6 heteroatoms. The zero-order valence-electron chi connectivity index (χ0n) is 14.2. The van der Waals surface area contributed by atoms with Crippen molar-refractivity contribution in [3.05, 3.63) is 33.8 Å². The van der Waals surface area contributed by atoms with Gasteiger partial charge in [-0.1, -0.05) is 29.3 Å². The van der Waals surface area contributed by atoms with Gasteiger partial charge in [0.15, 0.2) is 0 Å². The van der Waals surface area contributed by atoms with Crippen molar-refractivity contribution >= 4 is 29.3 Å². The van der Waals surface area contributed by atoms with E-state index in [2.05, 4.69) is 0 Å². The molecule has 3 rings (SSSR count). The summed E-state index contributed by atoms with van der Waals surface area (Å²) >= 11 is 12.2. The maximum absolute atomic E-state index is 12.4. The number of piperidine rings is 1. The van der Waals surface area contributed by atoms with E-state index in [0.717, 1.165) is 18.4 Å². The third-order valence-electron chi connectivity index (χ3n) is 5.26. The number of amides is 1. The molecule has 0 spiro atoms. The number of halogens is 2. The first kappa shape index (κ1) is 17.8. The smallest absolute Gasteiger partial charge is 0.410 e. The van der Waals surface area contributed by atoms with Crippen molar-refractivity contribution in [2.24, 2.45) is 5.41 Å². The van der Waals surface area contributed by atoms with Gasteiger partial charge >= 0.3 is 6.09 Å². The predicted octanol–water partition coefficient (Wildman–Crippen LogP) is 4.25. The van der Waals surface area contributed by atoms with Gasteiger partial charge in [-0.05, 0) is 51.3 Å². The van der Waals surface area contributed by atoms with Crippen molar-refractivity contribution in [3.63, 3.8) is 0 Å². The van der Waals surface area contributed by atoms with Gasteiger partial charge in [0.2, 0.25) is 0 Å². The Balaban J connectivity index is 1.81. The third kappa shape index (κ3) is 2.89. The van der Waals surface area contributed by atoms with E-state index < -0.39 is 5.60 Å². The van der Waals surface area contributed by atoms with Gasteiger partial charge in [0.1, 0.15) is 5.60 Å². The van der Waals surface area contributed by atoms with Crippen molar-refractivity contribution in [1.29, 1.82) is 0 Å². The van der Waals surface area contributed by atoms with Crippen LogP contribution in [0, 0.1) is 5.41 Å². The van der Waals surface area contributed by atoms with Crippen LogP contribution in [0.2, 0.25) is 10.0 Å². The lowest BCUT2D eigenvalue weighted by molar-refractivity contribution is 0.00891. The molecule has 1 saturated heterocycles. The number of carbonyl (C=O) groups is 1. The molecule has 1 N–H and O–H groups in total. The normalized spacial score (nSPS) is 29.2. The number of aliphatic hydroxyl groups excluding tert-OH is 1. The lowest BCUT2D eigenvalue weighted by Gasteiger charge is -2.38. The van der Waals surface area contributed by atoms with Gasteiger partial charge in [0.05, 0.1) is 16.7 Å². The molecular formula is C18H23Cl2NO3. The second-order valence-electron chi connectivity index (χ2n) is 7.98. The van der Waals surface area contributed by atoms with Crippen LogP contribution < -0.4 is 0 Å². The molecule has 1 aromatic carbocycles. The summed E-state index contributed by atoms with van der Waals surface area (Å²) in [6.07, 6.45) is 1.31. The molecule has 132 valence electrons. The number of fused-ring (bicyclic) bond motifs is 1. The molecule has 2 fully saturated rings. The van der Waals surface area contributed by atoms with Gasteiger partial charge in [0.25, 0.3) is 0 Å². The molecule has 2 aliphatic rings. The lowest BCUT2D eigenvalue weighted by Crippen LogP contribution is -2.48. The van der Waals surface area contributed by atoms with E-state index in [-0.39, 0.29) is 23.5 Å². The summed E-state index contributed by atoms with van der Waals surface area (Å²) in [6, 6.07) is 5.67. The van der Waals surface area contributed by atoms with E-state index in [9.17, 15) is 9.90 Å². The molecular weight excluding hydrogens is 349 g/mol. The molecule has 0 radical (unpaired) electrons. The van der Waals surface area contributed by atoms with Gasteiger partial charge in [0, 0.05) is 23.9 Å². The molecule has 2 atom stereocenters. The number of aliphatic hydroxyl groups is 1. The first-order chi connectivity index (χ1) is 11.1. The van der Waals surface area contributed by atoms with Gasteiger partial charge in [-0.15, -0.1) is 0 Å². The van der Waals surface area contributed by atoms with Crippen LogP contribution in [0.25, 0.3) is 0 Å². The maximum atomic E-state index is 12.4. The topological polar surface area (TPSA) is 49.8 Å². The Hall–Kier alpha value is -0.970. The number of benzene rings is 1. The first-order valence-electron chi connectivity index (χ1n) is 8.17. The minimum Gasteiger partial charge on any atom is -0.444 e. The van der Waals surface area contributed by atoms with Crippen LogP contribution in [0.5, 0.6) is 0 Å². The lowest BCUT2D eigenvalue weighted by atomic mass is 9.80. The number of hydrogen-bond donors (Lipinski definition) is 1.